The molecular formula is C9H15NO. The van der Waals surface area contributed by atoms with Crippen molar-refractivity contribution in [2.75, 3.05) is 26.3 Å². The van der Waals surface area contributed by atoms with Gasteiger partial charge in [0.15, 0.2) is 0 Å². The normalized spacial score (nSPS) is 50.5. The van der Waals surface area contributed by atoms with Crippen LogP contribution in [0.4, 0.5) is 0 Å². The Morgan fingerprint density at radius 3 is 2.27 bits per heavy atom. The molecule has 0 aromatic heterocycles. The molecule has 0 radical (unpaired) electrons. The predicted octanol–water partition coefficient (Wildman–Crippen LogP) is 0.583. The Bertz CT molecular complexity index is 166. The number of hydrogen-bond donors (Lipinski definition) is 0. The van der Waals surface area contributed by atoms with Crippen LogP contribution in [-0.2, 0) is 4.74 Å². The van der Waals surface area contributed by atoms with Gasteiger partial charge in [0.2, 0.25) is 0 Å². The molecule has 0 spiro atoms. The number of rotatable bonds is 1. The first-order valence-electron chi connectivity index (χ1n) is 4.68. The maximum absolute atomic E-state index is 5.18. The predicted molar refractivity (Wildman–Crippen MR) is 42.3 cm³/mol. The summed E-state index contributed by atoms with van der Waals surface area (Å²) in [4.78, 5) is 2.62. The van der Waals surface area contributed by atoms with Gasteiger partial charge in [0.1, 0.15) is 0 Å². The SMILES string of the molecule is CC1[C@H]2CN(C3COC3)C[C@@H]12. The van der Waals surface area contributed by atoms with Crippen LogP contribution in [-0.4, -0.2) is 37.2 Å². The molecule has 3 rings (SSSR count). The standard InChI is InChI=1S/C9H15NO/c1-6-8-2-10(3-9(6)8)7-4-11-5-7/h6-9H,2-5H2,1H3/t6?,8-,9+. The summed E-state index contributed by atoms with van der Waals surface area (Å²) in [6, 6.07) is 0.787. The minimum absolute atomic E-state index is 0.787. The second kappa shape index (κ2) is 1.99. The van der Waals surface area contributed by atoms with Crippen molar-refractivity contribution in [2.45, 2.75) is 13.0 Å². The van der Waals surface area contributed by atoms with Gasteiger partial charge in [-0.3, -0.25) is 4.90 Å². The van der Waals surface area contributed by atoms with Crippen molar-refractivity contribution in [1.29, 1.82) is 0 Å². The van der Waals surface area contributed by atoms with Crippen molar-refractivity contribution in [2.24, 2.45) is 17.8 Å². The van der Waals surface area contributed by atoms with Crippen LogP contribution in [0.25, 0.3) is 0 Å². The van der Waals surface area contributed by atoms with Crippen molar-refractivity contribution in [3.8, 4) is 0 Å². The molecule has 0 aromatic rings. The number of nitrogens with zero attached hydrogens (tertiary/aromatic N) is 1. The van der Waals surface area contributed by atoms with Crippen molar-refractivity contribution in [3.05, 3.63) is 0 Å². The van der Waals surface area contributed by atoms with Crippen molar-refractivity contribution >= 4 is 0 Å². The summed E-state index contributed by atoms with van der Waals surface area (Å²) in [5.41, 5.74) is 0. The van der Waals surface area contributed by atoms with E-state index >= 15 is 0 Å². The Balaban J connectivity index is 1.60. The van der Waals surface area contributed by atoms with E-state index in [0.29, 0.717) is 0 Å². The molecule has 1 unspecified atom stereocenters. The first-order valence-corrected chi connectivity index (χ1v) is 4.68. The number of piperidine rings is 1. The average molecular weight is 153 g/mol. The number of likely N-dealkylation sites (tertiary alicyclic amines) is 1. The molecule has 1 saturated carbocycles. The van der Waals surface area contributed by atoms with Crippen LogP contribution in [0.1, 0.15) is 6.92 Å². The zero-order chi connectivity index (χ0) is 7.42. The van der Waals surface area contributed by atoms with Crippen molar-refractivity contribution in [3.63, 3.8) is 0 Å². The molecule has 11 heavy (non-hydrogen) atoms. The second-order valence-corrected chi connectivity index (χ2v) is 4.33. The van der Waals surface area contributed by atoms with E-state index in [1.54, 1.807) is 0 Å². The maximum atomic E-state index is 5.18. The second-order valence-electron chi connectivity index (χ2n) is 4.33. The van der Waals surface area contributed by atoms with E-state index in [-0.39, 0.29) is 0 Å². The molecule has 3 aliphatic rings. The van der Waals surface area contributed by atoms with Gasteiger partial charge in [-0.2, -0.15) is 0 Å². The lowest BCUT2D eigenvalue weighted by molar-refractivity contribution is -0.0615. The van der Waals surface area contributed by atoms with Crippen molar-refractivity contribution < 1.29 is 4.74 Å². The van der Waals surface area contributed by atoms with Crippen LogP contribution in [0.2, 0.25) is 0 Å². The number of ether oxygens (including phenoxy) is 1. The first kappa shape index (κ1) is 6.44. The zero-order valence-electron chi connectivity index (χ0n) is 6.99. The summed E-state index contributed by atoms with van der Waals surface area (Å²) in [5, 5.41) is 0. The maximum Gasteiger partial charge on any atom is 0.0645 e. The van der Waals surface area contributed by atoms with Gasteiger partial charge in [0.05, 0.1) is 19.3 Å². The lowest BCUT2D eigenvalue weighted by atomic mass is 10.2. The van der Waals surface area contributed by atoms with E-state index < -0.39 is 0 Å². The third-order valence-electron chi connectivity index (χ3n) is 3.79. The van der Waals surface area contributed by atoms with E-state index in [2.05, 4.69) is 11.8 Å². The quantitative estimate of drug-likeness (QED) is 0.546. The smallest absolute Gasteiger partial charge is 0.0645 e. The molecule has 0 amide bonds. The molecule has 2 heteroatoms. The van der Waals surface area contributed by atoms with Gasteiger partial charge in [-0.05, 0) is 17.8 Å². The van der Waals surface area contributed by atoms with Gasteiger partial charge < -0.3 is 4.74 Å². The van der Waals surface area contributed by atoms with Crippen LogP contribution in [0, 0.1) is 17.8 Å². The molecule has 0 aromatic carbocycles. The summed E-state index contributed by atoms with van der Waals surface area (Å²) in [7, 11) is 0. The summed E-state index contributed by atoms with van der Waals surface area (Å²) in [5.74, 6) is 3.14. The van der Waals surface area contributed by atoms with Crippen molar-refractivity contribution in [1.82, 2.24) is 4.90 Å². The van der Waals surface area contributed by atoms with E-state index in [4.69, 9.17) is 4.74 Å². The highest BCUT2D eigenvalue weighted by Crippen LogP contribution is 2.51. The Labute approximate surface area is 67.5 Å². The zero-order valence-corrected chi connectivity index (χ0v) is 6.99. The Morgan fingerprint density at radius 1 is 1.18 bits per heavy atom. The molecule has 3 fully saturated rings. The van der Waals surface area contributed by atoms with Crippen LogP contribution >= 0.6 is 0 Å². The van der Waals surface area contributed by atoms with Crippen LogP contribution in [0.3, 0.4) is 0 Å². The minimum Gasteiger partial charge on any atom is -0.378 e. The summed E-state index contributed by atoms with van der Waals surface area (Å²) < 4.78 is 5.18. The third-order valence-corrected chi connectivity index (χ3v) is 3.79. The topological polar surface area (TPSA) is 12.5 Å². The molecule has 2 aliphatic heterocycles. The Hall–Kier alpha value is -0.0800. The highest BCUT2D eigenvalue weighted by atomic mass is 16.5. The molecule has 0 N–H and O–H groups in total. The largest absolute Gasteiger partial charge is 0.378 e. The molecule has 3 atom stereocenters. The highest BCUT2D eigenvalue weighted by Gasteiger charge is 2.54. The van der Waals surface area contributed by atoms with Gasteiger partial charge in [-0.15, -0.1) is 0 Å². The van der Waals surface area contributed by atoms with Gasteiger partial charge in [0.25, 0.3) is 0 Å². The first-order chi connectivity index (χ1) is 5.36. The lowest BCUT2D eigenvalue weighted by Crippen LogP contribution is -2.48. The molecule has 1 aliphatic carbocycles. The third kappa shape index (κ3) is 0.798. The van der Waals surface area contributed by atoms with E-state index in [1.807, 2.05) is 0 Å². The molecule has 2 nitrogen and oxygen atoms in total. The van der Waals surface area contributed by atoms with Crippen LogP contribution < -0.4 is 0 Å². The Kier molecular flexibility index (Phi) is 1.16. The van der Waals surface area contributed by atoms with E-state index in [9.17, 15) is 0 Å². The monoisotopic (exact) mass is 153 g/mol. The van der Waals surface area contributed by atoms with Gasteiger partial charge in [-0.25, -0.2) is 0 Å². The van der Waals surface area contributed by atoms with Crippen LogP contribution in [0.15, 0.2) is 0 Å². The molecule has 2 heterocycles. The van der Waals surface area contributed by atoms with Gasteiger partial charge in [-0.1, -0.05) is 6.92 Å². The number of fused-ring (bicyclic) bond motifs is 1. The fourth-order valence-electron chi connectivity index (χ4n) is 2.59. The summed E-state index contributed by atoms with van der Waals surface area (Å²) in [6.45, 7) is 7.10. The number of hydrogen-bond acceptors (Lipinski definition) is 2. The molecule has 0 bridgehead atoms. The van der Waals surface area contributed by atoms with E-state index in [1.165, 1.54) is 13.1 Å². The van der Waals surface area contributed by atoms with Gasteiger partial charge >= 0.3 is 0 Å². The lowest BCUT2D eigenvalue weighted by Gasteiger charge is -2.35. The molecule has 62 valence electrons. The summed E-state index contributed by atoms with van der Waals surface area (Å²) in [6.07, 6.45) is 0. The van der Waals surface area contributed by atoms with Gasteiger partial charge in [0, 0.05) is 13.1 Å². The minimum atomic E-state index is 0.787. The average Bonchev–Trinajstić information content (AvgIpc) is 2.42. The summed E-state index contributed by atoms with van der Waals surface area (Å²) >= 11 is 0. The Morgan fingerprint density at radius 2 is 1.82 bits per heavy atom. The van der Waals surface area contributed by atoms with E-state index in [0.717, 1.165) is 37.0 Å². The molecule has 2 saturated heterocycles. The molecular weight excluding hydrogens is 138 g/mol. The van der Waals surface area contributed by atoms with Crippen LogP contribution in [0.5, 0.6) is 0 Å². The highest BCUT2D eigenvalue weighted by molar-refractivity contribution is 5.04. The fraction of sp³-hybridized carbons (Fsp3) is 1.00. The fourth-order valence-corrected chi connectivity index (χ4v) is 2.59.